The molecule has 34 heteroatoms. The molecule has 0 spiro atoms. The van der Waals surface area contributed by atoms with Crippen LogP contribution < -0.4 is 47.7 Å². The van der Waals surface area contributed by atoms with E-state index in [1.165, 1.54) is 26.4 Å². The molecule has 2 fully saturated rings. The molecule has 2 saturated heterocycles. The summed E-state index contributed by atoms with van der Waals surface area (Å²) in [6, 6.07) is 1.96. The van der Waals surface area contributed by atoms with Gasteiger partial charge >= 0.3 is 18.2 Å². The Labute approximate surface area is 625 Å². The van der Waals surface area contributed by atoms with Gasteiger partial charge in [0.05, 0.1) is 48.6 Å². The number of piperidine rings is 1. The van der Waals surface area contributed by atoms with E-state index in [0.717, 1.165) is 4.90 Å². The first-order valence-electron chi connectivity index (χ1n) is 36.4. The lowest BCUT2D eigenvalue weighted by atomic mass is 9.89. The molecule has 0 saturated carbocycles. The number of carbonyl (C=O) groups is 10. The number of aromatic nitrogens is 1. The standard InChI is InChI=1S/C74H107F8N13O13/c1-15-42(8)63(93(12)71(103)61(40(4)5)91-70(102)62(41(6)7)92(10)11)51(106-13)37-54(97)95-33-19-23-50(95)64(107-14)43(9)66(98)89-49(36-47-21-16-17-30-84-47)67(99)86-38-44-25-27-46(28-26-44)87-68(100)48(22-18-31-85-73(83)105)88-69(101)60(39(2)3)90-53(96)24-20-32-94-34-29-45(35-52(94)74(80,81)82)72(104)108-65-58(78)56(76)55(75)57(77)59(65)79/h16-17,21,25-28,30,39-43,45,48-52,60-64H,15,18-20,22-24,29,31-38H2,1-14H3,(H,86,99)(H,87,100)(H,88,101)(H,89,98)(H,90,96)(H,91,102)(H3,83,85,105)/t42-,43+,45?,48-,49-,50-,51+,52?,60-,61-,62-,63-,64+/m0/s1. The van der Waals surface area contributed by atoms with Gasteiger partial charge in [-0.15, -0.1) is 0 Å². The molecule has 3 heterocycles. The Balaban J connectivity index is 1.21. The molecule has 0 aliphatic carbocycles. The van der Waals surface area contributed by atoms with Gasteiger partial charge < -0.3 is 67.0 Å². The van der Waals surface area contributed by atoms with Crippen molar-refractivity contribution in [3.63, 3.8) is 0 Å². The SMILES string of the molecule is CC[C@H](C)[C@@H]([C@@H](CC(=O)N1CCC[C@H]1[C@H](OC)[C@@H](C)C(=O)N[C@@H](Cc1ccccn1)C(=O)NCc1ccc(NC(=O)[C@H](CCCNC(N)=O)NC(=O)[C@@H](NC(=O)CCCN2CCC(C(=O)Oc3c(F)c(F)c(F)c(F)c3F)CC2C(F)(F)F)C(C)C)cc1)OC)N(C)C(=O)[C@@H](NC(=O)[C@H](C(C)C)N(C)C)C(C)C. The number of likely N-dealkylation sites (N-methyl/N-ethyl adjacent to an activating group) is 2. The van der Waals surface area contributed by atoms with Gasteiger partial charge in [-0.2, -0.15) is 22.0 Å². The Morgan fingerprint density at radius 1 is 0.694 bits per heavy atom. The number of nitrogens with zero attached hydrogens (tertiary/aromatic N) is 5. The molecule has 2 aliphatic heterocycles. The average molecular weight is 1540 g/mol. The molecule has 2 aliphatic rings. The van der Waals surface area contributed by atoms with Crippen molar-refractivity contribution in [2.24, 2.45) is 41.2 Å². The number of anilines is 1. The smallest absolute Gasteiger partial charge is 0.404 e. The van der Waals surface area contributed by atoms with Crippen LogP contribution in [0.25, 0.3) is 0 Å². The third-order valence-corrected chi connectivity index (χ3v) is 19.9. The Morgan fingerprint density at radius 2 is 1.32 bits per heavy atom. The van der Waals surface area contributed by atoms with Crippen LogP contribution in [-0.2, 0) is 65.6 Å². The number of nitrogens with one attached hydrogen (secondary N) is 7. The molecule has 0 radical (unpaired) electrons. The van der Waals surface area contributed by atoms with E-state index in [2.05, 4.69) is 46.9 Å². The normalized spacial score (nSPS) is 18.4. The molecule has 9 N–H and O–H groups in total. The first kappa shape index (κ1) is 90.0. The number of esters is 1. The van der Waals surface area contributed by atoms with E-state index < -0.39 is 180 Å². The number of methoxy groups -OCH3 is 2. The number of primary amides is 1. The van der Waals surface area contributed by atoms with Crippen molar-refractivity contribution in [2.75, 3.05) is 66.9 Å². The summed E-state index contributed by atoms with van der Waals surface area (Å²) in [7, 11) is 8.24. The number of rotatable bonds is 39. The number of alkyl halides is 3. The van der Waals surface area contributed by atoms with Gasteiger partial charge in [-0.1, -0.05) is 86.9 Å². The van der Waals surface area contributed by atoms with E-state index in [1.807, 2.05) is 60.5 Å². The highest BCUT2D eigenvalue weighted by Gasteiger charge is 2.49. The third-order valence-electron chi connectivity index (χ3n) is 19.9. The van der Waals surface area contributed by atoms with Crippen LogP contribution in [0, 0.1) is 64.6 Å². The molecule has 10 amide bonds. The van der Waals surface area contributed by atoms with Gasteiger partial charge in [-0.05, 0) is 126 Å². The van der Waals surface area contributed by atoms with E-state index >= 15 is 0 Å². The van der Waals surface area contributed by atoms with Crippen molar-refractivity contribution in [1.82, 2.24) is 56.5 Å². The number of halogens is 8. The lowest BCUT2D eigenvalue weighted by Crippen LogP contribution is -2.59. The summed E-state index contributed by atoms with van der Waals surface area (Å²) in [4.78, 5) is 148. The molecule has 2 unspecified atom stereocenters. The average Bonchev–Trinajstić information content (AvgIpc) is 1.49. The highest BCUT2D eigenvalue weighted by molar-refractivity contribution is 5.98. The Kier molecular flexibility index (Phi) is 34.8. The third kappa shape index (κ3) is 25.0. The van der Waals surface area contributed by atoms with Crippen LogP contribution in [-0.4, -0.2) is 212 Å². The second-order valence-corrected chi connectivity index (χ2v) is 29.0. The first-order chi connectivity index (χ1) is 50.8. The summed E-state index contributed by atoms with van der Waals surface area (Å²) in [5.41, 5.74) is 6.53. The minimum absolute atomic E-state index is 0.00121. The molecule has 13 atom stereocenters. The predicted octanol–water partition coefficient (Wildman–Crippen LogP) is 6.81. The van der Waals surface area contributed by atoms with Crippen LogP contribution in [0.5, 0.6) is 5.75 Å². The number of ether oxygens (including phenoxy) is 3. The number of likely N-dealkylation sites (tertiary alicyclic amines) is 2. The zero-order valence-corrected chi connectivity index (χ0v) is 63.8. The molecular weight excluding hydrogens is 1430 g/mol. The second kappa shape index (κ2) is 41.8. The Hall–Kier alpha value is -8.63. The van der Waals surface area contributed by atoms with Crippen LogP contribution in [0.15, 0.2) is 48.7 Å². The van der Waals surface area contributed by atoms with Crippen LogP contribution in [0.1, 0.15) is 138 Å². The van der Waals surface area contributed by atoms with Gasteiger partial charge in [0.1, 0.15) is 30.2 Å². The lowest BCUT2D eigenvalue weighted by molar-refractivity contribution is -0.197. The zero-order valence-electron chi connectivity index (χ0n) is 63.8. The highest BCUT2D eigenvalue weighted by Crippen LogP contribution is 2.37. The maximum absolute atomic E-state index is 14.6. The monoisotopic (exact) mass is 1540 g/mol. The van der Waals surface area contributed by atoms with Crippen molar-refractivity contribution in [3.05, 3.63) is 89.0 Å². The predicted molar refractivity (Wildman–Crippen MR) is 383 cm³/mol. The van der Waals surface area contributed by atoms with Gasteiger partial charge in [0.25, 0.3) is 0 Å². The van der Waals surface area contributed by atoms with Crippen molar-refractivity contribution in [1.29, 1.82) is 0 Å². The summed E-state index contributed by atoms with van der Waals surface area (Å²) < 4.78 is 129. The molecule has 5 rings (SSSR count). The summed E-state index contributed by atoms with van der Waals surface area (Å²) in [6.07, 6.45) is -5.42. The number of nitrogens with two attached hydrogens (primary N) is 1. The molecule has 26 nitrogen and oxygen atoms in total. The Bertz CT molecular complexity index is 3510. The quantitative estimate of drug-likeness (QED) is 0.00726. The number of hydrogen-bond donors (Lipinski definition) is 8. The largest absolute Gasteiger partial charge is 0.420 e. The van der Waals surface area contributed by atoms with Gasteiger partial charge in [-0.3, -0.25) is 57.9 Å². The van der Waals surface area contributed by atoms with E-state index in [1.54, 1.807) is 74.1 Å². The fraction of sp³-hybridized carbons (Fsp3) is 0.635. The van der Waals surface area contributed by atoms with E-state index in [9.17, 15) is 83.1 Å². The maximum atomic E-state index is 14.6. The number of urea groups is 1. The van der Waals surface area contributed by atoms with Crippen LogP contribution >= 0.6 is 0 Å². The Morgan fingerprint density at radius 3 is 1.88 bits per heavy atom. The fourth-order valence-corrected chi connectivity index (χ4v) is 13.9. The van der Waals surface area contributed by atoms with Crippen LogP contribution in [0.2, 0.25) is 0 Å². The molecule has 1 aromatic heterocycles. The van der Waals surface area contributed by atoms with Crippen molar-refractivity contribution in [3.8, 4) is 5.75 Å². The number of amides is 10. The molecule has 3 aromatic rings. The summed E-state index contributed by atoms with van der Waals surface area (Å²) in [6.45, 7) is 15.8. The van der Waals surface area contributed by atoms with Gasteiger partial charge in [0, 0.05) is 71.3 Å². The van der Waals surface area contributed by atoms with Gasteiger partial charge in [-0.25, -0.2) is 18.0 Å². The van der Waals surface area contributed by atoms with Crippen molar-refractivity contribution < 1.29 is 97.3 Å². The minimum atomic E-state index is -5.00. The fourth-order valence-electron chi connectivity index (χ4n) is 13.9. The lowest BCUT2D eigenvalue weighted by Gasteiger charge is -2.41. The van der Waals surface area contributed by atoms with Gasteiger partial charge in [0.15, 0.2) is 0 Å². The van der Waals surface area contributed by atoms with Gasteiger partial charge in [0.2, 0.25) is 82.1 Å². The van der Waals surface area contributed by atoms with Crippen molar-refractivity contribution >= 4 is 64.9 Å². The maximum Gasteiger partial charge on any atom is 0.404 e. The highest BCUT2D eigenvalue weighted by atomic mass is 19.4. The zero-order chi connectivity index (χ0) is 80.8. The molecule has 0 bridgehead atoms. The summed E-state index contributed by atoms with van der Waals surface area (Å²) in [5.74, 6) is -23.9. The molecule has 108 heavy (non-hydrogen) atoms. The molecule has 2 aromatic carbocycles. The number of hydrogen-bond acceptors (Lipinski definition) is 16. The number of carbonyl (C=O) groups excluding carboxylic acids is 10. The molecule has 602 valence electrons. The molecular formula is C74H107F8N13O13. The van der Waals surface area contributed by atoms with Crippen molar-refractivity contribution in [2.45, 2.75) is 206 Å². The van der Waals surface area contributed by atoms with Crippen LogP contribution in [0.4, 0.5) is 45.6 Å². The summed E-state index contributed by atoms with van der Waals surface area (Å²) >= 11 is 0. The van der Waals surface area contributed by atoms with E-state index in [4.69, 9.17) is 15.2 Å². The minimum Gasteiger partial charge on any atom is -0.420 e. The second-order valence-electron chi connectivity index (χ2n) is 29.0. The van der Waals surface area contributed by atoms with E-state index in [0.29, 0.717) is 37.1 Å². The van der Waals surface area contributed by atoms with Crippen LogP contribution in [0.3, 0.4) is 0 Å². The first-order valence-corrected chi connectivity index (χ1v) is 36.4. The topological polar surface area (TPSA) is 334 Å². The van der Waals surface area contributed by atoms with E-state index in [-0.39, 0.29) is 99.3 Å². The number of pyridine rings is 1. The summed E-state index contributed by atoms with van der Waals surface area (Å²) in [5, 5.41) is 19.1. The number of benzene rings is 2.